The molecule has 0 aliphatic carbocycles. The smallest absolute Gasteiger partial charge is 0.487 e. The Morgan fingerprint density at radius 2 is 1.84 bits per heavy atom. The molecule has 1 saturated heterocycles. The molecule has 19 heavy (non-hydrogen) atoms. The van der Waals surface area contributed by atoms with Gasteiger partial charge in [0.15, 0.2) is 5.75 Å². The van der Waals surface area contributed by atoms with Gasteiger partial charge in [0.05, 0.1) is 11.2 Å². The van der Waals surface area contributed by atoms with Crippen molar-refractivity contribution in [2.24, 2.45) is 0 Å². The number of halogens is 1. The topological polar surface area (TPSA) is 51.6 Å². The predicted octanol–water partition coefficient (Wildman–Crippen LogP) is 2.57. The van der Waals surface area contributed by atoms with Gasteiger partial charge in [0.25, 0.3) is 5.95 Å². The Labute approximate surface area is 112 Å². The van der Waals surface area contributed by atoms with Crippen molar-refractivity contribution in [3.8, 4) is 5.75 Å². The highest BCUT2D eigenvalue weighted by Gasteiger charge is 2.49. The van der Waals surface area contributed by atoms with Crippen molar-refractivity contribution in [2.75, 3.05) is 0 Å². The number of pyridine rings is 1. The normalized spacial score (nSPS) is 21.2. The highest BCUT2D eigenvalue weighted by molar-refractivity contribution is 6.52. The summed E-state index contributed by atoms with van der Waals surface area (Å²) in [5.74, 6) is 0.275. The second-order valence-electron chi connectivity index (χ2n) is 5.52. The van der Waals surface area contributed by atoms with Crippen LogP contribution in [0.1, 0.15) is 33.3 Å². The summed E-state index contributed by atoms with van der Waals surface area (Å²) >= 11 is 0. The maximum Gasteiger partial charge on any atom is 0.487 e. The van der Waals surface area contributed by atoms with Crippen LogP contribution in [0.5, 0.6) is 5.75 Å². The van der Waals surface area contributed by atoms with E-state index in [4.69, 9.17) is 9.31 Å². The van der Waals surface area contributed by atoms with E-state index in [1.54, 1.807) is 12.1 Å². The molecule has 2 heterocycles. The van der Waals surface area contributed by atoms with Gasteiger partial charge < -0.3 is 14.4 Å². The molecule has 1 N–H and O–H groups in total. The van der Waals surface area contributed by atoms with Crippen LogP contribution in [0.2, 0.25) is 0 Å². The van der Waals surface area contributed by atoms with Crippen LogP contribution in [0.15, 0.2) is 18.2 Å². The van der Waals surface area contributed by atoms with Crippen LogP contribution in [0.3, 0.4) is 0 Å². The van der Waals surface area contributed by atoms with Gasteiger partial charge in [-0.1, -0.05) is 12.1 Å². The molecule has 1 aliphatic heterocycles. The Bertz CT molecular complexity index is 501. The molecule has 1 aromatic rings. The Morgan fingerprint density at radius 1 is 1.26 bits per heavy atom. The molecule has 0 saturated carbocycles. The van der Waals surface area contributed by atoms with Crippen molar-refractivity contribution in [1.29, 1.82) is 0 Å². The van der Waals surface area contributed by atoms with Crippen molar-refractivity contribution in [2.45, 2.75) is 38.9 Å². The number of hydrogen-bond acceptors (Lipinski definition) is 4. The first-order valence-corrected chi connectivity index (χ1v) is 6.10. The lowest BCUT2D eigenvalue weighted by molar-refractivity contribution is 0.00578. The fourth-order valence-corrected chi connectivity index (χ4v) is 1.73. The van der Waals surface area contributed by atoms with Crippen molar-refractivity contribution >= 4 is 13.2 Å². The molecule has 6 heteroatoms. The molecule has 0 atom stereocenters. The minimum atomic E-state index is -0.893. The molecule has 0 spiro atoms. The number of hydrogen-bond donors (Lipinski definition) is 1. The predicted molar refractivity (Wildman–Crippen MR) is 71.0 cm³/mol. The molecule has 4 nitrogen and oxygen atoms in total. The number of nitrogens with zero attached hydrogens (tertiary/aromatic N) is 1. The lowest BCUT2D eigenvalue weighted by atomic mass is 9.89. The van der Waals surface area contributed by atoms with Crippen molar-refractivity contribution in [3.05, 3.63) is 29.7 Å². The van der Waals surface area contributed by atoms with E-state index in [1.807, 2.05) is 27.7 Å². The van der Waals surface area contributed by atoms with E-state index in [2.05, 4.69) is 4.98 Å². The highest BCUT2D eigenvalue weighted by Crippen LogP contribution is 2.37. The first kappa shape index (κ1) is 14.0. The van der Waals surface area contributed by atoms with E-state index in [-0.39, 0.29) is 0 Å². The molecule has 0 amide bonds. The Kier molecular flexibility index (Phi) is 3.41. The maximum absolute atomic E-state index is 13.1. The third kappa shape index (κ3) is 2.64. The summed E-state index contributed by atoms with van der Waals surface area (Å²) in [5.41, 5.74) is -0.511. The summed E-state index contributed by atoms with van der Waals surface area (Å²) in [6, 6.07) is 1.51. The van der Waals surface area contributed by atoms with E-state index in [9.17, 15) is 9.50 Å². The third-order valence-corrected chi connectivity index (χ3v) is 3.62. The van der Waals surface area contributed by atoms with Crippen LogP contribution in [0.4, 0.5) is 4.39 Å². The molecule has 0 aromatic carbocycles. The fraction of sp³-hybridized carbons (Fsp3) is 0.462. The van der Waals surface area contributed by atoms with Gasteiger partial charge in [-0.25, -0.2) is 4.98 Å². The van der Waals surface area contributed by atoms with E-state index in [1.165, 1.54) is 12.3 Å². The average molecular weight is 265 g/mol. The second kappa shape index (κ2) is 4.61. The molecule has 0 radical (unpaired) electrons. The summed E-state index contributed by atoms with van der Waals surface area (Å²) in [5, 5.41) is 9.51. The molecule has 2 rings (SSSR count). The number of rotatable bonds is 2. The molecule has 0 bridgehead atoms. The van der Waals surface area contributed by atoms with Gasteiger partial charge in [-0.15, -0.1) is 0 Å². The zero-order valence-corrected chi connectivity index (χ0v) is 11.5. The minimum absolute atomic E-state index is 0.335. The van der Waals surface area contributed by atoms with E-state index >= 15 is 0 Å². The molecule has 1 fully saturated rings. The fourth-order valence-electron chi connectivity index (χ4n) is 1.73. The number of aromatic hydroxyl groups is 1. The summed E-state index contributed by atoms with van der Waals surface area (Å²) in [4.78, 5) is 3.35. The lowest BCUT2D eigenvalue weighted by Crippen LogP contribution is -2.41. The van der Waals surface area contributed by atoms with Gasteiger partial charge in [0, 0.05) is 11.8 Å². The summed E-state index contributed by atoms with van der Waals surface area (Å²) in [6.45, 7) is 7.80. The lowest BCUT2D eigenvalue weighted by Gasteiger charge is -2.32. The van der Waals surface area contributed by atoms with E-state index < -0.39 is 30.0 Å². The third-order valence-electron chi connectivity index (χ3n) is 3.62. The maximum atomic E-state index is 13.1. The average Bonchev–Trinajstić information content (AvgIpc) is 2.50. The van der Waals surface area contributed by atoms with Gasteiger partial charge >= 0.3 is 7.12 Å². The van der Waals surface area contributed by atoms with E-state index in [0.29, 0.717) is 5.56 Å². The SMILES string of the molecule is CC1(C)OB(/C=C/c2ccnc(F)c2O)OC1(C)C. The Hall–Kier alpha value is -1.40. The van der Waals surface area contributed by atoms with Crippen molar-refractivity contribution in [1.82, 2.24) is 4.98 Å². The molecule has 0 unspecified atom stereocenters. The quantitative estimate of drug-likeness (QED) is 0.659. The molecular formula is C13H17BFNO3. The van der Waals surface area contributed by atoms with Crippen molar-refractivity contribution < 1.29 is 18.8 Å². The largest absolute Gasteiger partial charge is 0.503 e. The van der Waals surface area contributed by atoms with Crippen LogP contribution in [-0.2, 0) is 9.31 Å². The second-order valence-corrected chi connectivity index (χ2v) is 5.52. The van der Waals surface area contributed by atoms with Gasteiger partial charge in [-0.2, -0.15) is 4.39 Å². The van der Waals surface area contributed by atoms with Crippen LogP contribution in [0, 0.1) is 5.95 Å². The highest BCUT2D eigenvalue weighted by atomic mass is 19.1. The first-order chi connectivity index (χ1) is 8.73. The summed E-state index contributed by atoms with van der Waals surface area (Å²) in [7, 11) is -0.527. The summed E-state index contributed by atoms with van der Waals surface area (Å²) < 4.78 is 24.6. The van der Waals surface area contributed by atoms with Crippen LogP contribution < -0.4 is 0 Å². The van der Waals surface area contributed by atoms with Crippen LogP contribution in [-0.4, -0.2) is 28.4 Å². The van der Waals surface area contributed by atoms with Gasteiger partial charge in [-0.05, 0) is 33.8 Å². The van der Waals surface area contributed by atoms with Gasteiger partial charge in [0.1, 0.15) is 0 Å². The standard InChI is InChI=1S/C13H17BFNO3/c1-12(2)13(3,4)19-14(18-12)7-5-9-6-8-16-11(15)10(9)17/h5-8,17H,1-4H3/b7-5+. The van der Waals surface area contributed by atoms with E-state index in [0.717, 1.165) is 0 Å². The minimum Gasteiger partial charge on any atom is -0.503 e. The van der Waals surface area contributed by atoms with Gasteiger partial charge in [-0.3, -0.25) is 0 Å². The molecule has 1 aliphatic rings. The Balaban J connectivity index is 2.15. The first-order valence-electron chi connectivity index (χ1n) is 6.10. The van der Waals surface area contributed by atoms with Crippen LogP contribution >= 0.6 is 0 Å². The number of aromatic nitrogens is 1. The van der Waals surface area contributed by atoms with Crippen molar-refractivity contribution in [3.63, 3.8) is 0 Å². The zero-order valence-electron chi connectivity index (χ0n) is 11.5. The summed E-state index contributed by atoms with van der Waals surface area (Å²) in [6.07, 6.45) is 2.85. The molecular weight excluding hydrogens is 248 g/mol. The monoisotopic (exact) mass is 265 g/mol. The zero-order chi connectivity index (χ0) is 14.3. The van der Waals surface area contributed by atoms with Gasteiger partial charge in [0.2, 0.25) is 0 Å². The molecule has 102 valence electrons. The van der Waals surface area contributed by atoms with Crippen LogP contribution in [0.25, 0.3) is 6.08 Å². The molecule has 1 aromatic heterocycles. The Morgan fingerprint density at radius 3 is 2.42 bits per heavy atom.